The average Bonchev–Trinajstić information content (AvgIpc) is 3.26. The van der Waals surface area contributed by atoms with Crippen molar-refractivity contribution in [2.24, 2.45) is 0 Å². The summed E-state index contributed by atoms with van der Waals surface area (Å²) in [5, 5.41) is 7.61. The van der Waals surface area contributed by atoms with E-state index in [0.29, 0.717) is 24.9 Å². The van der Waals surface area contributed by atoms with Crippen molar-refractivity contribution in [1.82, 2.24) is 24.7 Å². The molecule has 0 spiro atoms. The van der Waals surface area contributed by atoms with Crippen molar-refractivity contribution in [3.05, 3.63) is 54.1 Å². The van der Waals surface area contributed by atoms with Crippen molar-refractivity contribution in [3.8, 4) is 11.4 Å². The Bertz CT molecular complexity index is 1210. The topological polar surface area (TPSA) is 121 Å². The third-order valence-electron chi connectivity index (χ3n) is 5.91. The van der Waals surface area contributed by atoms with Gasteiger partial charge in [-0.25, -0.2) is 18.4 Å². The van der Waals surface area contributed by atoms with Crippen LogP contribution in [-0.4, -0.2) is 57.7 Å². The van der Waals surface area contributed by atoms with Gasteiger partial charge in [-0.05, 0) is 46.1 Å². The Labute approximate surface area is 206 Å². The van der Waals surface area contributed by atoms with Crippen LogP contribution in [0.1, 0.15) is 57.1 Å². The van der Waals surface area contributed by atoms with Crippen LogP contribution in [0, 0.1) is 6.92 Å². The Morgan fingerprint density at radius 3 is 2.34 bits per heavy atom. The molecule has 0 saturated carbocycles. The first-order valence-corrected chi connectivity index (χ1v) is 13.3. The lowest BCUT2D eigenvalue weighted by Crippen LogP contribution is -2.35. The summed E-state index contributed by atoms with van der Waals surface area (Å²) >= 11 is 0. The van der Waals surface area contributed by atoms with Gasteiger partial charge in [0.25, 0.3) is 0 Å². The molecule has 0 amide bonds. The Morgan fingerprint density at radius 1 is 1.06 bits per heavy atom. The molecule has 35 heavy (non-hydrogen) atoms. The molecule has 1 aliphatic heterocycles. The van der Waals surface area contributed by atoms with E-state index in [1.54, 1.807) is 19.3 Å². The lowest BCUT2D eigenvalue weighted by atomic mass is 10.1. The Balaban J connectivity index is 1.68. The third-order valence-corrected chi connectivity index (χ3v) is 7.60. The maximum Gasteiger partial charge on any atom is 0.240 e. The molecule has 3 heterocycles. The second-order valence-corrected chi connectivity index (χ2v) is 11.0. The zero-order chi connectivity index (χ0) is 25.0. The molecule has 2 aromatic heterocycles. The van der Waals surface area contributed by atoms with E-state index >= 15 is 0 Å². The van der Waals surface area contributed by atoms with Gasteiger partial charge in [0.15, 0.2) is 11.6 Å². The Hall–Kier alpha value is -2.89. The summed E-state index contributed by atoms with van der Waals surface area (Å²) in [6, 6.07) is 9.63. The van der Waals surface area contributed by atoms with E-state index in [2.05, 4.69) is 24.9 Å². The number of aromatic nitrogens is 5. The van der Waals surface area contributed by atoms with Crippen molar-refractivity contribution >= 4 is 16.0 Å². The zero-order valence-corrected chi connectivity index (χ0v) is 21.3. The minimum atomic E-state index is -3.96. The summed E-state index contributed by atoms with van der Waals surface area (Å²) in [5.41, 5.74) is 1.74. The van der Waals surface area contributed by atoms with Crippen molar-refractivity contribution in [1.29, 1.82) is 0 Å². The van der Waals surface area contributed by atoms with E-state index in [1.807, 2.05) is 55.7 Å². The van der Waals surface area contributed by atoms with Gasteiger partial charge in [0.05, 0.1) is 6.10 Å². The predicted octanol–water partition coefficient (Wildman–Crippen LogP) is 3.69. The fourth-order valence-electron chi connectivity index (χ4n) is 4.04. The lowest BCUT2D eigenvalue weighted by molar-refractivity contribution is 0.00152. The summed E-state index contributed by atoms with van der Waals surface area (Å²) in [6.07, 6.45) is 3.69. The first kappa shape index (κ1) is 25.2. The molecule has 1 aromatic carbocycles. The second kappa shape index (κ2) is 10.8. The van der Waals surface area contributed by atoms with Gasteiger partial charge in [-0.15, -0.1) is 10.2 Å². The van der Waals surface area contributed by atoms with Crippen LogP contribution < -0.4 is 4.72 Å². The van der Waals surface area contributed by atoms with Crippen molar-refractivity contribution in [3.63, 3.8) is 0 Å². The summed E-state index contributed by atoms with van der Waals surface area (Å²) < 4.78 is 43.3. The number of sulfonamides is 1. The van der Waals surface area contributed by atoms with Crippen LogP contribution in [0.3, 0.4) is 0 Å². The Morgan fingerprint density at radius 2 is 1.71 bits per heavy atom. The number of anilines is 1. The normalized spacial score (nSPS) is 16.8. The maximum absolute atomic E-state index is 13.6. The maximum atomic E-state index is 13.6. The first-order valence-electron chi connectivity index (χ1n) is 11.8. The van der Waals surface area contributed by atoms with E-state index in [0.717, 1.165) is 24.0 Å². The van der Waals surface area contributed by atoms with Crippen molar-refractivity contribution < 1.29 is 17.9 Å². The van der Waals surface area contributed by atoms with Gasteiger partial charge < -0.3 is 9.47 Å². The molecule has 2 unspecified atom stereocenters. The van der Waals surface area contributed by atoms with Crippen molar-refractivity contribution in [2.75, 3.05) is 17.9 Å². The number of hydrogen-bond acceptors (Lipinski definition) is 8. The number of nitrogens with zero attached hydrogens (tertiary/aromatic N) is 5. The zero-order valence-electron chi connectivity index (χ0n) is 20.5. The smallest absolute Gasteiger partial charge is 0.240 e. The van der Waals surface area contributed by atoms with Gasteiger partial charge in [-0.1, -0.05) is 30.3 Å². The molecule has 1 aliphatic rings. The fourth-order valence-corrected chi connectivity index (χ4v) is 5.13. The summed E-state index contributed by atoms with van der Waals surface area (Å²) in [6.45, 7) is 8.34. The number of benzene rings is 1. The molecule has 10 nitrogen and oxygen atoms in total. The summed E-state index contributed by atoms with van der Waals surface area (Å²) in [5.74, 6) is 1.11. The molecule has 1 saturated heterocycles. The van der Waals surface area contributed by atoms with Gasteiger partial charge in [0.2, 0.25) is 16.0 Å². The molecule has 3 aromatic rings. The van der Waals surface area contributed by atoms with Crippen LogP contribution in [0.5, 0.6) is 0 Å². The fraction of sp³-hybridized carbons (Fsp3) is 0.500. The predicted molar refractivity (Wildman–Crippen MR) is 132 cm³/mol. The van der Waals surface area contributed by atoms with Gasteiger partial charge in [0, 0.05) is 37.2 Å². The van der Waals surface area contributed by atoms with Crippen molar-refractivity contribution in [2.45, 2.75) is 64.0 Å². The third kappa shape index (κ3) is 5.85. The van der Waals surface area contributed by atoms with Gasteiger partial charge in [0.1, 0.15) is 11.4 Å². The Kier molecular flexibility index (Phi) is 7.78. The largest absolute Gasteiger partial charge is 0.381 e. The molecule has 1 N–H and O–H groups in total. The number of hydrogen-bond donors (Lipinski definition) is 1. The van der Waals surface area contributed by atoms with Gasteiger partial charge >= 0.3 is 0 Å². The molecule has 0 bridgehead atoms. The summed E-state index contributed by atoms with van der Waals surface area (Å²) in [4.78, 5) is 8.67. The monoisotopic (exact) mass is 500 g/mol. The van der Waals surface area contributed by atoms with E-state index in [-0.39, 0.29) is 18.1 Å². The number of aryl methyl sites for hydroxylation is 1. The standard InChI is InChI=1S/C24H32N6O4S/c1-16(2)34-21(22-25-14-17(3)15-26-22)18(4)35(31,32)29-24-28-27-23(19-8-6-5-7-9-19)30(24)20-10-12-33-13-11-20/h5-9,14-16,18,20-21H,10-13H2,1-4H3,(H,28,29). The molecule has 11 heteroatoms. The van der Waals surface area contributed by atoms with Crippen LogP contribution in [0.25, 0.3) is 11.4 Å². The number of ether oxygens (including phenoxy) is 2. The van der Waals surface area contributed by atoms with E-state index < -0.39 is 21.4 Å². The number of nitrogens with one attached hydrogen (secondary N) is 1. The highest BCUT2D eigenvalue weighted by Gasteiger charge is 2.36. The quantitative estimate of drug-likeness (QED) is 0.472. The second-order valence-electron chi connectivity index (χ2n) is 9.00. The average molecular weight is 501 g/mol. The van der Waals surface area contributed by atoms with Crippen LogP contribution >= 0.6 is 0 Å². The van der Waals surface area contributed by atoms with Crippen LogP contribution in [0.15, 0.2) is 42.7 Å². The highest BCUT2D eigenvalue weighted by atomic mass is 32.2. The highest BCUT2D eigenvalue weighted by Crippen LogP contribution is 2.32. The molecule has 0 radical (unpaired) electrons. The van der Waals surface area contributed by atoms with Gasteiger partial charge in [-0.3, -0.25) is 9.29 Å². The lowest BCUT2D eigenvalue weighted by Gasteiger charge is -2.28. The van der Waals surface area contributed by atoms with E-state index in [9.17, 15) is 8.42 Å². The van der Waals surface area contributed by atoms with Crippen LogP contribution in [0.2, 0.25) is 0 Å². The first-order chi connectivity index (χ1) is 16.8. The molecule has 1 fully saturated rings. The molecule has 0 aliphatic carbocycles. The van der Waals surface area contributed by atoms with E-state index in [1.165, 1.54) is 0 Å². The molecule has 188 valence electrons. The molecular weight excluding hydrogens is 468 g/mol. The SMILES string of the molecule is Cc1cnc(C(OC(C)C)C(C)S(=O)(=O)Nc2nnc(-c3ccccc3)n2C2CCOCC2)nc1. The minimum Gasteiger partial charge on any atom is -0.381 e. The van der Waals surface area contributed by atoms with Gasteiger partial charge in [-0.2, -0.15) is 0 Å². The summed E-state index contributed by atoms with van der Waals surface area (Å²) in [7, 11) is -3.96. The van der Waals surface area contributed by atoms with Crippen LogP contribution in [-0.2, 0) is 19.5 Å². The van der Waals surface area contributed by atoms with E-state index in [4.69, 9.17) is 9.47 Å². The highest BCUT2D eigenvalue weighted by molar-refractivity contribution is 7.93. The van der Waals surface area contributed by atoms with Crippen LogP contribution in [0.4, 0.5) is 5.95 Å². The minimum absolute atomic E-state index is 0.00473. The number of rotatable bonds is 9. The molecule has 2 atom stereocenters. The molecule has 4 rings (SSSR count). The molecular formula is C24H32N6O4S.